The average Bonchev–Trinajstić information content (AvgIpc) is 3.04. The Labute approximate surface area is 185 Å². The Balaban J connectivity index is 0.00000150. The van der Waals surface area contributed by atoms with Crippen molar-refractivity contribution in [2.45, 2.75) is 77.4 Å². The third-order valence-corrected chi connectivity index (χ3v) is 6.62. The van der Waals surface area contributed by atoms with Crippen LogP contribution in [0.15, 0.2) is 12.3 Å². The maximum atomic E-state index is 13.2. The lowest BCUT2D eigenvalue weighted by atomic mass is 9.67. The second kappa shape index (κ2) is 9.63. The van der Waals surface area contributed by atoms with Crippen LogP contribution in [0.5, 0.6) is 0 Å². The van der Waals surface area contributed by atoms with Gasteiger partial charge in [0.05, 0.1) is 23.2 Å². The highest BCUT2D eigenvalue weighted by Crippen LogP contribution is 2.40. The lowest BCUT2D eigenvalue weighted by molar-refractivity contribution is 0.0757. The van der Waals surface area contributed by atoms with Crippen LogP contribution in [0.1, 0.15) is 74.5 Å². The van der Waals surface area contributed by atoms with Crippen molar-refractivity contribution in [1.29, 1.82) is 0 Å². The van der Waals surface area contributed by atoms with Crippen molar-refractivity contribution in [3.05, 3.63) is 23.5 Å². The van der Waals surface area contributed by atoms with Gasteiger partial charge in [-0.05, 0) is 63.9 Å². The Bertz CT molecular complexity index is 841. The van der Waals surface area contributed by atoms with E-state index < -0.39 is 0 Å². The molecule has 162 valence electrons. The fourth-order valence-electron chi connectivity index (χ4n) is 5.08. The zero-order valence-corrected chi connectivity index (χ0v) is 19.1. The standard InChI is InChI=1S/C21H31N5O.2ClH/c1-4-13(3)26-20-18(11-23-26)17(8-12(2)24-20)21(27)25-19-14-6-5-7-15(19)10-16(22)9-14;;/h8,11,13-16,19H,4-7,9-10,22H2,1-3H3,(H,25,27);2*1H. The molecular formula is C21H33Cl2N5O. The van der Waals surface area contributed by atoms with Crippen LogP contribution in [0, 0.1) is 18.8 Å². The van der Waals surface area contributed by atoms with Crippen LogP contribution in [-0.4, -0.2) is 32.8 Å². The first kappa shape index (κ1) is 23.9. The minimum absolute atomic E-state index is 0. The largest absolute Gasteiger partial charge is 0.349 e. The number of aryl methyl sites for hydroxylation is 1. The van der Waals surface area contributed by atoms with E-state index in [9.17, 15) is 4.79 Å². The summed E-state index contributed by atoms with van der Waals surface area (Å²) in [6.07, 6.45) is 8.42. The summed E-state index contributed by atoms with van der Waals surface area (Å²) >= 11 is 0. The average molecular weight is 442 g/mol. The van der Waals surface area contributed by atoms with Crippen LogP contribution in [-0.2, 0) is 0 Å². The summed E-state index contributed by atoms with van der Waals surface area (Å²) < 4.78 is 1.94. The van der Waals surface area contributed by atoms with E-state index in [1.807, 2.05) is 17.7 Å². The lowest BCUT2D eigenvalue weighted by Gasteiger charge is -2.45. The molecule has 0 spiro atoms. The van der Waals surface area contributed by atoms with Gasteiger partial charge in [-0.2, -0.15) is 5.10 Å². The summed E-state index contributed by atoms with van der Waals surface area (Å²) in [5, 5.41) is 8.74. The highest BCUT2D eigenvalue weighted by atomic mass is 35.5. The van der Waals surface area contributed by atoms with Crippen molar-refractivity contribution < 1.29 is 4.79 Å². The Morgan fingerprint density at radius 1 is 1.31 bits per heavy atom. The Morgan fingerprint density at radius 2 is 1.97 bits per heavy atom. The minimum atomic E-state index is 0. The summed E-state index contributed by atoms with van der Waals surface area (Å²) in [4.78, 5) is 17.9. The molecule has 3 N–H and O–H groups in total. The van der Waals surface area contributed by atoms with Gasteiger partial charge in [0.25, 0.3) is 5.91 Å². The van der Waals surface area contributed by atoms with E-state index in [-0.39, 0.29) is 48.8 Å². The van der Waals surface area contributed by atoms with Gasteiger partial charge in [0, 0.05) is 17.8 Å². The van der Waals surface area contributed by atoms with Crippen molar-refractivity contribution in [3.8, 4) is 0 Å². The van der Waals surface area contributed by atoms with E-state index >= 15 is 0 Å². The molecule has 2 bridgehead atoms. The number of carbonyl (C=O) groups excluding carboxylic acids is 1. The number of nitrogens with zero attached hydrogens (tertiary/aromatic N) is 3. The molecule has 2 aromatic rings. The van der Waals surface area contributed by atoms with Crippen molar-refractivity contribution in [2.24, 2.45) is 17.6 Å². The van der Waals surface area contributed by atoms with Crippen LogP contribution in [0.2, 0.25) is 0 Å². The number of amides is 1. The van der Waals surface area contributed by atoms with Gasteiger partial charge in [0.2, 0.25) is 0 Å². The van der Waals surface area contributed by atoms with Gasteiger partial charge in [-0.15, -0.1) is 24.8 Å². The monoisotopic (exact) mass is 441 g/mol. The zero-order valence-electron chi connectivity index (χ0n) is 17.4. The number of aromatic nitrogens is 3. The number of hydrogen-bond acceptors (Lipinski definition) is 4. The van der Waals surface area contributed by atoms with Crippen molar-refractivity contribution in [3.63, 3.8) is 0 Å². The second-order valence-corrected chi connectivity index (χ2v) is 8.58. The molecule has 3 unspecified atom stereocenters. The zero-order chi connectivity index (χ0) is 19.1. The molecule has 1 amide bonds. The molecule has 0 aromatic carbocycles. The number of rotatable bonds is 4. The van der Waals surface area contributed by atoms with Gasteiger partial charge in [0.15, 0.2) is 5.65 Å². The highest BCUT2D eigenvalue weighted by Gasteiger charge is 2.40. The summed E-state index contributed by atoms with van der Waals surface area (Å²) in [7, 11) is 0. The van der Waals surface area contributed by atoms with E-state index in [0.717, 1.165) is 36.0 Å². The molecule has 2 saturated carbocycles. The molecule has 2 aromatic heterocycles. The van der Waals surface area contributed by atoms with Crippen molar-refractivity contribution in [1.82, 2.24) is 20.1 Å². The molecule has 2 fully saturated rings. The fraction of sp³-hybridized carbons (Fsp3) is 0.667. The van der Waals surface area contributed by atoms with Crippen molar-refractivity contribution in [2.75, 3.05) is 0 Å². The summed E-state index contributed by atoms with van der Waals surface area (Å²) in [5.74, 6) is 1.03. The smallest absolute Gasteiger partial charge is 0.252 e. The van der Waals surface area contributed by atoms with E-state index in [1.165, 1.54) is 19.3 Å². The number of hydrogen-bond donors (Lipinski definition) is 2. The summed E-state index contributed by atoms with van der Waals surface area (Å²) in [6, 6.07) is 2.69. The van der Waals surface area contributed by atoms with Gasteiger partial charge in [-0.3, -0.25) is 4.79 Å². The molecule has 3 atom stereocenters. The third-order valence-electron chi connectivity index (χ3n) is 6.62. The molecule has 29 heavy (non-hydrogen) atoms. The van der Waals surface area contributed by atoms with Gasteiger partial charge in [-0.1, -0.05) is 13.3 Å². The molecule has 2 aliphatic carbocycles. The third kappa shape index (κ3) is 4.54. The number of nitrogens with one attached hydrogen (secondary N) is 1. The molecule has 8 heteroatoms. The molecule has 2 aliphatic rings. The Morgan fingerprint density at radius 3 is 2.59 bits per heavy atom. The Hall–Kier alpha value is -1.37. The SMILES string of the molecule is CCC(C)n1ncc2c(C(=O)NC3C4CCCC3CC(N)C4)cc(C)nc21.Cl.Cl. The van der Waals surface area contributed by atoms with Crippen LogP contribution < -0.4 is 11.1 Å². The van der Waals surface area contributed by atoms with Crippen LogP contribution in [0.25, 0.3) is 11.0 Å². The predicted molar refractivity (Wildman–Crippen MR) is 121 cm³/mol. The molecular weight excluding hydrogens is 409 g/mol. The number of carbonyl (C=O) groups is 1. The minimum Gasteiger partial charge on any atom is -0.349 e. The lowest BCUT2D eigenvalue weighted by Crippen LogP contribution is -2.53. The molecule has 4 rings (SSSR count). The van der Waals surface area contributed by atoms with Gasteiger partial charge in [0.1, 0.15) is 0 Å². The fourth-order valence-corrected chi connectivity index (χ4v) is 5.08. The topological polar surface area (TPSA) is 85.8 Å². The normalized spacial score (nSPS) is 26.9. The predicted octanol–water partition coefficient (Wildman–Crippen LogP) is 4.19. The van der Waals surface area contributed by atoms with E-state index in [4.69, 9.17) is 5.73 Å². The number of nitrogens with two attached hydrogens (primary N) is 1. The molecule has 0 aliphatic heterocycles. The molecule has 0 radical (unpaired) electrons. The Kier molecular flexibility index (Phi) is 7.93. The van der Waals surface area contributed by atoms with Gasteiger partial charge < -0.3 is 11.1 Å². The van der Waals surface area contributed by atoms with Crippen molar-refractivity contribution >= 4 is 41.8 Å². The van der Waals surface area contributed by atoms with Gasteiger partial charge >= 0.3 is 0 Å². The number of halogens is 2. The summed E-state index contributed by atoms with van der Waals surface area (Å²) in [6.45, 7) is 6.20. The first-order valence-corrected chi connectivity index (χ1v) is 10.4. The molecule has 2 heterocycles. The highest BCUT2D eigenvalue weighted by molar-refractivity contribution is 6.05. The second-order valence-electron chi connectivity index (χ2n) is 8.58. The van der Waals surface area contributed by atoms with Crippen LogP contribution >= 0.6 is 24.8 Å². The maximum absolute atomic E-state index is 13.2. The molecule has 6 nitrogen and oxygen atoms in total. The summed E-state index contributed by atoms with van der Waals surface area (Å²) in [5.41, 5.74) is 8.59. The van der Waals surface area contributed by atoms with E-state index in [1.54, 1.807) is 6.20 Å². The quantitative estimate of drug-likeness (QED) is 0.744. The molecule has 0 saturated heterocycles. The number of fused-ring (bicyclic) bond motifs is 3. The maximum Gasteiger partial charge on any atom is 0.252 e. The van der Waals surface area contributed by atoms with E-state index in [2.05, 4.69) is 29.2 Å². The first-order valence-electron chi connectivity index (χ1n) is 10.4. The first-order chi connectivity index (χ1) is 13.0. The number of pyridine rings is 1. The van der Waals surface area contributed by atoms with Gasteiger partial charge in [-0.25, -0.2) is 9.67 Å². The van der Waals surface area contributed by atoms with E-state index in [0.29, 0.717) is 17.4 Å². The van der Waals surface area contributed by atoms with Crippen LogP contribution in [0.4, 0.5) is 0 Å². The van der Waals surface area contributed by atoms with Crippen LogP contribution in [0.3, 0.4) is 0 Å².